The number of hydrogen-bond donors (Lipinski definition) is 1. The van der Waals surface area contributed by atoms with Crippen LogP contribution in [-0.4, -0.2) is 30.2 Å². The van der Waals surface area contributed by atoms with Gasteiger partial charge in [-0.2, -0.15) is 0 Å². The first-order chi connectivity index (χ1) is 14.8. The summed E-state index contributed by atoms with van der Waals surface area (Å²) in [7, 11) is 1.88. The van der Waals surface area contributed by atoms with E-state index in [4.69, 9.17) is 4.74 Å². The van der Waals surface area contributed by atoms with E-state index in [0.29, 0.717) is 23.5 Å². The molecule has 0 amide bonds. The summed E-state index contributed by atoms with van der Waals surface area (Å²) in [5.74, 6) is 4.43. The van der Waals surface area contributed by atoms with Crippen molar-refractivity contribution in [3.63, 3.8) is 0 Å². The smallest absolute Gasteiger partial charge is 0.136 e. The Morgan fingerprint density at radius 1 is 0.935 bits per heavy atom. The van der Waals surface area contributed by atoms with Crippen LogP contribution in [-0.2, 0) is 9.53 Å². The number of fused-ring (bicyclic) bond motifs is 5. The van der Waals surface area contributed by atoms with Gasteiger partial charge >= 0.3 is 0 Å². The van der Waals surface area contributed by atoms with Gasteiger partial charge in [0.1, 0.15) is 5.78 Å². The molecule has 0 bridgehead atoms. The topological polar surface area (TPSA) is 46.5 Å². The molecule has 3 nitrogen and oxygen atoms in total. The predicted octanol–water partition coefficient (Wildman–Crippen LogP) is 6.17. The highest BCUT2D eigenvalue weighted by Crippen LogP contribution is 2.68. The van der Waals surface area contributed by atoms with Gasteiger partial charge in [-0.05, 0) is 105 Å². The molecular formula is C28H46O3. The second kappa shape index (κ2) is 8.12. The van der Waals surface area contributed by atoms with Gasteiger partial charge in [0, 0.05) is 19.4 Å². The molecular weight excluding hydrogens is 384 g/mol. The number of hydrogen-bond acceptors (Lipinski definition) is 3. The third kappa shape index (κ3) is 3.65. The van der Waals surface area contributed by atoms with Crippen LogP contribution < -0.4 is 0 Å². The van der Waals surface area contributed by atoms with Crippen molar-refractivity contribution in [2.75, 3.05) is 13.7 Å². The van der Waals surface area contributed by atoms with E-state index < -0.39 is 5.60 Å². The van der Waals surface area contributed by atoms with Gasteiger partial charge in [-0.15, -0.1) is 0 Å². The molecule has 0 unspecified atom stereocenters. The summed E-state index contributed by atoms with van der Waals surface area (Å²) >= 11 is 0. The molecule has 0 saturated heterocycles. The van der Waals surface area contributed by atoms with Crippen LogP contribution in [0.25, 0.3) is 0 Å². The molecule has 5 fully saturated rings. The van der Waals surface area contributed by atoms with Crippen LogP contribution in [0.5, 0.6) is 0 Å². The Balaban J connectivity index is 1.36. The summed E-state index contributed by atoms with van der Waals surface area (Å²) in [5.41, 5.74) is -0.00562. The molecule has 0 radical (unpaired) electrons. The number of carbonyl (C=O) groups is 1. The van der Waals surface area contributed by atoms with E-state index in [1.165, 1.54) is 57.8 Å². The lowest BCUT2D eigenvalue weighted by atomic mass is 9.43. The van der Waals surface area contributed by atoms with Gasteiger partial charge in [-0.25, -0.2) is 0 Å². The minimum atomic E-state index is -0.497. The zero-order valence-corrected chi connectivity index (χ0v) is 20.3. The van der Waals surface area contributed by atoms with Gasteiger partial charge in [-0.3, -0.25) is 4.79 Å². The summed E-state index contributed by atoms with van der Waals surface area (Å²) in [5, 5.41) is 10.8. The Bertz CT molecular complexity index is 680. The lowest BCUT2D eigenvalue weighted by Crippen LogP contribution is -2.58. The van der Waals surface area contributed by atoms with E-state index in [-0.39, 0.29) is 10.8 Å². The molecule has 5 aliphatic carbocycles. The minimum absolute atomic E-state index is 0.234. The van der Waals surface area contributed by atoms with Crippen molar-refractivity contribution in [2.24, 2.45) is 46.3 Å². The van der Waals surface area contributed by atoms with Crippen LogP contribution in [0.4, 0.5) is 0 Å². The molecule has 0 aromatic rings. The highest BCUT2D eigenvalue weighted by Gasteiger charge is 2.63. The molecule has 0 aromatic heterocycles. The van der Waals surface area contributed by atoms with Crippen LogP contribution in [0.1, 0.15) is 104 Å². The Kier molecular flexibility index (Phi) is 5.86. The van der Waals surface area contributed by atoms with Crippen LogP contribution >= 0.6 is 0 Å². The SMILES string of the molecule is COC[C@]12CC[C@@](C)(O)C[C@@H]1CC[C@H]1[C@@H]3CC[C@H](C(=O)CC4CCCC4)[C@@]3(C)CC[C@@H]12. The Morgan fingerprint density at radius 3 is 2.45 bits per heavy atom. The standard InChI is InChI=1S/C28H46O3/c1-26(30)14-15-28(18-31-3)20(17-26)8-9-21-22-10-11-24(27(22,2)13-12-23(21)28)25(29)16-19-6-4-5-7-19/h19-24,30H,4-18H2,1-3H3/t20-,21-,22-,23-,24+,26+,27-,28+/m0/s1. The maximum absolute atomic E-state index is 13.4. The third-order valence-electron chi connectivity index (χ3n) is 11.4. The molecule has 1 N–H and O–H groups in total. The molecule has 0 heterocycles. The monoisotopic (exact) mass is 430 g/mol. The van der Waals surface area contributed by atoms with Crippen molar-refractivity contribution in [1.82, 2.24) is 0 Å². The molecule has 31 heavy (non-hydrogen) atoms. The lowest BCUT2D eigenvalue weighted by Gasteiger charge is -2.62. The number of methoxy groups -OCH3 is 1. The zero-order chi connectivity index (χ0) is 21.9. The summed E-state index contributed by atoms with van der Waals surface area (Å²) in [6.45, 7) is 5.41. The molecule has 0 spiro atoms. The summed E-state index contributed by atoms with van der Waals surface area (Å²) in [6.07, 6.45) is 16.6. The summed E-state index contributed by atoms with van der Waals surface area (Å²) in [4.78, 5) is 13.4. The highest BCUT2D eigenvalue weighted by atomic mass is 16.5. The number of ether oxygens (including phenoxy) is 1. The number of carbonyl (C=O) groups excluding carboxylic acids is 1. The molecule has 5 saturated carbocycles. The van der Waals surface area contributed by atoms with Crippen molar-refractivity contribution in [2.45, 2.75) is 109 Å². The number of ketones is 1. The fraction of sp³-hybridized carbons (Fsp3) is 0.964. The van der Waals surface area contributed by atoms with Crippen LogP contribution in [0.2, 0.25) is 0 Å². The van der Waals surface area contributed by atoms with Gasteiger partial charge in [0.2, 0.25) is 0 Å². The van der Waals surface area contributed by atoms with Crippen LogP contribution in [0.15, 0.2) is 0 Å². The largest absolute Gasteiger partial charge is 0.390 e. The fourth-order valence-electron chi connectivity index (χ4n) is 9.95. The first kappa shape index (κ1) is 22.4. The average molecular weight is 431 g/mol. The van der Waals surface area contributed by atoms with Crippen molar-refractivity contribution < 1.29 is 14.6 Å². The third-order valence-corrected chi connectivity index (χ3v) is 11.4. The number of aliphatic hydroxyl groups is 1. The van der Waals surface area contributed by atoms with Crippen molar-refractivity contribution in [3.05, 3.63) is 0 Å². The highest BCUT2D eigenvalue weighted by molar-refractivity contribution is 5.82. The van der Waals surface area contributed by atoms with E-state index in [9.17, 15) is 9.90 Å². The molecule has 5 rings (SSSR count). The van der Waals surface area contributed by atoms with E-state index >= 15 is 0 Å². The van der Waals surface area contributed by atoms with Crippen molar-refractivity contribution >= 4 is 5.78 Å². The van der Waals surface area contributed by atoms with E-state index in [1.54, 1.807) is 0 Å². The van der Waals surface area contributed by atoms with E-state index in [1.807, 2.05) is 14.0 Å². The molecule has 0 aliphatic heterocycles. The predicted molar refractivity (Wildman–Crippen MR) is 124 cm³/mol. The lowest BCUT2D eigenvalue weighted by molar-refractivity contribution is -0.175. The van der Waals surface area contributed by atoms with Crippen LogP contribution in [0.3, 0.4) is 0 Å². The number of Topliss-reactive ketones (excluding diaryl/α,β-unsaturated/α-hetero) is 1. The minimum Gasteiger partial charge on any atom is -0.390 e. The summed E-state index contributed by atoms with van der Waals surface area (Å²) < 4.78 is 5.89. The molecule has 3 heteroatoms. The van der Waals surface area contributed by atoms with Crippen LogP contribution in [0, 0.1) is 46.3 Å². The Morgan fingerprint density at radius 2 is 1.71 bits per heavy atom. The van der Waals surface area contributed by atoms with Gasteiger partial charge in [0.05, 0.1) is 12.2 Å². The second-order valence-electron chi connectivity index (χ2n) is 13.0. The van der Waals surface area contributed by atoms with Crippen molar-refractivity contribution in [3.8, 4) is 0 Å². The Labute approximate surface area is 190 Å². The first-order valence-electron chi connectivity index (χ1n) is 13.5. The van der Waals surface area contributed by atoms with Gasteiger partial charge in [0.15, 0.2) is 0 Å². The van der Waals surface area contributed by atoms with E-state index in [0.717, 1.165) is 56.5 Å². The second-order valence-corrected chi connectivity index (χ2v) is 13.0. The normalized spacial score (nSPS) is 50.0. The summed E-state index contributed by atoms with van der Waals surface area (Å²) in [6, 6.07) is 0. The molecule has 8 atom stereocenters. The zero-order valence-electron chi connectivity index (χ0n) is 20.3. The molecule has 176 valence electrons. The molecule has 5 aliphatic rings. The van der Waals surface area contributed by atoms with Gasteiger partial charge in [-0.1, -0.05) is 32.6 Å². The maximum Gasteiger partial charge on any atom is 0.136 e. The number of rotatable bonds is 5. The van der Waals surface area contributed by atoms with Crippen molar-refractivity contribution in [1.29, 1.82) is 0 Å². The maximum atomic E-state index is 13.4. The first-order valence-corrected chi connectivity index (χ1v) is 13.5. The fourth-order valence-corrected chi connectivity index (χ4v) is 9.95. The van der Waals surface area contributed by atoms with Gasteiger partial charge in [0.25, 0.3) is 0 Å². The molecule has 0 aromatic carbocycles. The quantitative estimate of drug-likeness (QED) is 0.567. The average Bonchev–Trinajstić information content (AvgIpc) is 3.35. The Hall–Kier alpha value is -0.410. The van der Waals surface area contributed by atoms with Gasteiger partial charge < -0.3 is 9.84 Å². The van der Waals surface area contributed by atoms with E-state index in [2.05, 4.69) is 6.92 Å².